The average Bonchev–Trinajstić information content (AvgIpc) is 3.05. The molecule has 0 aliphatic heterocycles. The number of hydrogen-bond acceptors (Lipinski definition) is 8. The number of carbonyl (C=O) groups excluding carboxylic acids is 1. The molecule has 0 unspecified atom stereocenters. The number of nitrogen functional groups attached to an aromatic ring is 1. The molecule has 0 amide bonds. The number of rotatable bonds is 7. The number of ketones is 1. The van der Waals surface area contributed by atoms with Crippen molar-refractivity contribution in [1.29, 1.82) is 0 Å². The molecule has 8 nitrogen and oxygen atoms in total. The molecule has 3 rings (SSSR count). The second-order valence-corrected chi connectivity index (χ2v) is 6.91. The minimum Gasteiger partial charge on any atom is -0.497 e. The van der Waals surface area contributed by atoms with Gasteiger partial charge in [0.2, 0.25) is 5.16 Å². The van der Waals surface area contributed by atoms with Gasteiger partial charge < -0.3 is 10.6 Å². The van der Waals surface area contributed by atoms with Crippen LogP contribution in [0.5, 0.6) is 5.75 Å². The van der Waals surface area contributed by atoms with Gasteiger partial charge in [0, 0.05) is 11.3 Å². The van der Waals surface area contributed by atoms with Crippen molar-refractivity contribution in [1.82, 2.24) is 14.9 Å². The van der Waals surface area contributed by atoms with Crippen LogP contribution in [0, 0.1) is 0 Å². The maximum atomic E-state index is 12.3. The number of thioether (sulfide) groups is 1. The molecule has 26 heavy (non-hydrogen) atoms. The molecule has 0 saturated heterocycles. The first-order chi connectivity index (χ1) is 12.7. The van der Waals surface area contributed by atoms with E-state index in [4.69, 9.17) is 10.6 Å². The largest absolute Gasteiger partial charge is 0.497 e. The first-order valence-electron chi connectivity index (χ1n) is 8.49. The van der Waals surface area contributed by atoms with Gasteiger partial charge in [-0.3, -0.25) is 4.79 Å². The Morgan fingerprint density at radius 3 is 2.69 bits per heavy atom. The summed E-state index contributed by atoms with van der Waals surface area (Å²) >= 11 is 1.24. The average molecular weight is 374 g/mol. The summed E-state index contributed by atoms with van der Waals surface area (Å²) in [5, 5.41) is 12.8. The van der Waals surface area contributed by atoms with E-state index in [1.165, 1.54) is 35.7 Å². The molecule has 3 N–H and O–H groups in total. The van der Waals surface area contributed by atoms with Crippen LogP contribution in [0.25, 0.3) is 0 Å². The third-order valence-electron chi connectivity index (χ3n) is 4.15. The molecule has 1 aliphatic rings. The van der Waals surface area contributed by atoms with Crippen LogP contribution in [-0.2, 0) is 0 Å². The van der Waals surface area contributed by atoms with Crippen LogP contribution >= 0.6 is 11.8 Å². The SMILES string of the molecule is COc1ccc(C(=O)CSc2nnc(NN=C3CCCCC3)n2N)cc1. The lowest BCUT2D eigenvalue weighted by atomic mass is 9.99. The summed E-state index contributed by atoms with van der Waals surface area (Å²) in [5.74, 6) is 7.27. The Morgan fingerprint density at radius 1 is 1.27 bits per heavy atom. The van der Waals surface area contributed by atoms with Gasteiger partial charge >= 0.3 is 0 Å². The zero-order chi connectivity index (χ0) is 18.4. The number of methoxy groups -OCH3 is 1. The summed E-state index contributed by atoms with van der Waals surface area (Å²) in [6.07, 6.45) is 5.61. The number of anilines is 1. The van der Waals surface area contributed by atoms with E-state index in [1.54, 1.807) is 31.4 Å². The second kappa shape index (κ2) is 8.70. The Morgan fingerprint density at radius 2 is 2.00 bits per heavy atom. The third kappa shape index (κ3) is 4.54. The van der Waals surface area contributed by atoms with Crippen molar-refractivity contribution in [2.75, 3.05) is 24.1 Å². The van der Waals surface area contributed by atoms with Crippen molar-refractivity contribution in [3.05, 3.63) is 29.8 Å². The Kier molecular flexibility index (Phi) is 6.11. The van der Waals surface area contributed by atoms with E-state index in [2.05, 4.69) is 20.7 Å². The van der Waals surface area contributed by atoms with Gasteiger partial charge in [-0.2, -0.15) is 5.10 Å². The van der Waals surface area contributed by atoms with Crippen LogP contribution in [-0.4, -0.2) is 39.2 Å². The molecule has 138 valence electrons. The van der Waals surface area contributed by atoms with Gasteiger partial charge in [0.1, 0.15) is 5.75 Å². The molecule has 1 aromatic carbocycles. The van der Waals surface area contributed by atoms with E-state index in [9.17, 15) is 4.79 Å². The maximum absolute atomic E-state index is 12.3. The number of nitrogens with two attached hydrogens (primary N) is 1. The quantitative estimate of drug-likeness (QED) is 0.332. The van der Waals surface area contributed by atoms with Crippen LogP contribution in [0.1, 0.15) is 42.5 Å². The minimum atomic E-state index is -0.0161. The normalized spacial score (nSPS) is 14.1. The second-order valence-electron chi connectivity index (χ2n) is 5.97. The van der Waals surface area contributed by atoms with Crippen molar-refractivity contribution in [2.45, 2.75) is 37.3 Å². The molecular weight excluding hydrogens is 352 g/mol. The molecule has 0 atom stereocenters. The lowest BCUT2D eigenvalue weighted by Crippen LogP contribution is -2.15. The number of benzene rings is 1. The molecule has 1 heterocycles. The maximum Gasteiger partial charge on any atom is 0.264 e. The van der Waals surface area contributed by atoms with Gasteiger partial charge in [-0.15, -0.1) is 10.2 Å². The van der Waals surface area contributed by atoms with Gasteiger partial charge in [0.25, 0.3) is 5.95 Å². The monoisotopic (exact) mass is 374 g/mol. The highest BCUT2D eigenvalue weighted by Crippen LogP contribution is 2.20. The highest BCUT2D eigenvalue weighted by molar-refractivity contribution is 7.99. The zero-order valence-electron chi connectivity index (χ0n) is 14.6. The van der Waals surface area contributed by atoms with E-state index in [-0.39, 0.29) is 11.5 Å². The number of carbonyl (C=O) groups is 1. The molecule has 9 heteroatoms. The molecule has 1 saturated carbocycles. The van der Waals surface area contributed by atoms with Crippen molar-refractivity contribution in [3.63, 3.8) is 0 Å². The van der Waals surface area contributed by atoms with Crippen molar-refractivity contribution in [3.8, 4) is 5.75 Å². The van der Waals surface area contributed by atoms with Crippen LogP contribution in [0.2, 0.25) is 0 Å². The zero-order valence-corrected chi connectivity index (χ0v) is 15.5. The summed E-state index contributed by atoms with van der Waals surface area (Å²) < 4.78 is 6.41. The Labute approximate surface area is 156 Å². The van der Waals surface area contributed by atoms with Crippen LogP contribution in [0.3, 0.4) is 0 Å². The summed E-state index contributed by atoms with van der Waals surface area (Å²) in [4.78, 5) is 12.3. The number of ether oxygens (including phenoxy) is 1. The first-order valence-corrected chi connectivity index (χ1v) is 9.48. The van der Waals surface area contributed by atoms with Gasteiger partial charge in [0.05, 0.1) is 12.9 Å². The Balaban J connectivity index is 1.56. The first kappa shape index (κ1) is 18.2. The Hall–Kier alpha value is -2.55. The third-order valence-corrected chi connectivity index (χ3v) is 5.10. The van der Waals surface area contributed by atoms with Crippen molar-refractivity contribution >= 4 is 29.2 Å². The standard InChI is InChI=1S/C17H22N6O2S/c1-25-14-9-7-12(8-10-14)15(24)11-26-17-22-21-16(23(17)18)20-19-13-5-3-2-4-6-13/h7-10H,2-6,11,18H2,1H3,(H,20,21). The van der Waals surface area contributed by atoms with Gasteiger partial charge in [-0.1, -0.05) is 18.2 Å². The molecular formula is C17H22N6O2S. The van der Waals surface area contributed by atoms with E-state index >= 15 is 0 Å². The molecule has 0 bridgehead atoms. The van der Waals surface area contributed by atoms with Crippen molar-refractivity contribution in [2.24, 2.45) is 5.10 Å². The fraction of sp³-hybridized carbons (Fsp3) is 0.412. The van der Waals surface area contributed by atoms with Gasteiger partial charge in [-0.05, 0) is 49.9 Å². The van der Waals surface area contributed by atoms with Gasteiger partial charge in [-0.25, -0.2) is 10.1 Å². The molecule has 1 fully saturated rings. The van der Waals surface area contributed by atoms with Gasteiger partial charge in [0.15, 0.2) is 5.78 Å². The fourth-order valence-electron chi connectivity index (χ4n) is 2.64. The summed E-state index contributed by atoms with van der Waals surface area (Å²) in [6.45, 7) is 0. The molecule has 0 spiro atoms. The number of Topliss-reactive ketones (excluding diaryl/α,β-unsaturated/α-hetero) is 1. The lowest BCUT2D eigenvalue weighted by molar-refractivity contribution is 0.102. The minimum absolute atomic E-state index is 0.0161. The number of nitrogens with zero attached hydrogens (tertiary/aromatic N) is 4. The number of hydrogen-bond donors (Lipinski definition) is 2. The predicted molar refractivity (Wildman–Crippen MR) is 102 cm³/mol. The van der Waals surface area contributed by atoms with Crippen LogP contribution in [0.15, 0.2) is 34.5 Å². The lowest BCUT2D eigenvalue weighted by Gasteiger charge is -2.12. The number of hydrazone groups is 1. The smallest absolute Gasteiger partial charge is 0.264 e. The predicted octanol–water partition coefficient (Wildman–Crippen LogP) is 2.71. The van der Waals surface area contributed by atoms with Crippen molar-refractivity contribution < 1.29 is 9.53 Å². The molecule has 1 aromatic heterocycles. The van der Waals surface area contributed by atoms with Crippen LogP contribution < -0.4 is 16.0 Å². The number of nitrogens with one attached hydrogen (secondary N) is 1. The molecule has 0 radical (unpaired) electrons. The fourth-order valence-corrected chi connectivity index (χ4v) is 3.39. The Bertz CT molecular complexity index is 779. The molecule has 1 aliphatic carbocycles. The van der Waals surface area contributed by atoms with E-state index < -0.39 is 0 Å². The molecule has 2 aromatic rings. The van der Waals surface area contributed by atoms with E-state index in [0.717, 1.165) is 18.6 Å². The number of aromatic nitrogens is 3. The summed E-state index contributed by atoms with van der Waals surface area (Å²) in [6, 6.07) is 7.00. The van der Waals surface area contributed by atoms with E-state index in [1.807, 2.05) is 0 Å². The van der Waals surface area contributed by atoms with Crippen LogP contribution in [0.4, 0.5) is 5.95 Å². The topological polar surface area (TPSA) is 107 Å². The summed E-state index contributed by atoms with van der Waals surface area (Å²) in [7, 11) is 1.59. The summed E-state index contributed by atoms with van der Waals surface area (Å²) in [5.41, 5.74) is 4.62. The van der Waals surface area contributed by atoms with E-state index in [0.29, 0.717) is 22.4 Å². The highest BCUT2D eigenvalue weighted by Gasteiger charge is 2.14. The highest BCUT2D eigenvalue weighted by atomic mass is 32.2.